The summed E-state index contributed by atoms with van der Waals surface area (Å²) in [5, 5.41) is 5.84. The number of fused-ring (bicyclic) bond motifs is 1. The SMILES string of the molecule is C[C@H]1C[C@H]2CSC(N)=N[C@@]2(c2nc(NC=O)cs2)CO1. The molecule has 108 valence electrons. The van der Waals surface area contributed by atoms with Crippen LogP contribution in [0, 0.1) is 5.92 Å². The first kappa shape index (κ1) is 13.8. The molecule has 3 atom stereocenters. The van der Waals surface area contributed by atoms with Crippen LogP contribution in [-0.2, 0) is 15.1 Å². The molecule has 3 N–H and O–H groups in total. The van der Waals surface area contributed by atoms with E-state index in [1.54, 1.807) is 11.8 Å². The number of hydrogen-bond donors (Lipinski definition) is 2. The monoisotopic (exact) mass is 312 g/mol. The zero-order valence-corrected chi connectivity index (χ0v) is 12.7. The van der Waals surface area contributed by atoms with Crippen molar-refractivity contribution in [2.75, 3.05) is 17.7 Å². The molecular formula is C12H16N4O2S2. The Hall–Kier alpha value is -1.12. The Bertz CT molecular complexity index is 547. The maximum atomic E-state index is 10.5. The predicted molar refractivity (Wildman–Crippen MR) is 81.1 cm³/mol. The third-order valence-electron chi connectivity index (χ3n) is 3.70. The maximum Gasteiger partial charge on any atom is 0.212 e. The summed E-state index contributed by atoms with van der Waals surface area (Å²) in [5.74, 6) is 1.84. The van der Waals surface area contributed by atoms with Crippen LogP contribution < -0.4 is 11.1 Å². The lowest BCUT2D eigenvalue weighted by Crippen LogP contribution is -2.49. The summed E-state index contributed by atoms with van der Waals surface area (Å²) in [5.41, 5.74) is 5.44. The first-order chi connectivity index (χ1) is 9.64. The van der Waals surface area contributed by atoms with Gasteiger partial charge in [0.15, 0.2) is 5.17 Å². The van der Waals surface area contributed by atoms with E-state index in [2.05, 4.69) is 22.2 Å². The van der Waals surface area contributed by atoms with E-state index in [4.69, 9.17) is 10.5 Å². The van der Waals surface area contributed by atoms with E-state index in [9.17, 15) is 4.79 Å². The number of rotatable bonds is 3. The van der Waals surface area contributed by atoms with E-state index in [-0.39, 0.29) is 6.10 Å². The van der Waals surface area contributed by atoms with Crippen molar-refractivity contribution in [3.05, 3.63) is 10.4 Å². The van der Waals surface area contributed by atoms with Crippen LogP contribution in [0.3, 0.4) is 0 Å². The van der Waals surface area contributed by atoms with Crippen LogP contribution in [0.5, 0.6) is 0 Å². The molecule has 20 heavy (non-hydrogen) atoms. The second-order valence-electron chi connectivity index (χ2n) is 5.04. The number of amides is 1. The highest BCUT2D eigenvalue weighted by atomic mass is 32.2. The Morgan fingerprint density at radius 3 is 3.30 bits per heavy atom. The van der Waals surface area contributed by atoms with Crippen LogP contribution in [0.15, 0.2) is 10.4 Å². The fraction of sp³-hybridized carbons (Fsp3) is 0.583. The number of thiazole rings is 1. The second-order valence-corrected chi connectivity index (χ2v) is 6.94. The van der Waals surface area contributed by atoms with Crippen molar-refractivity contribution in [2.45, 2.75) is 25.0 Å². The van der Waals surface area contributed by atoms with Gasteiger partial charge in [-0.2, -0.15) is 0 Å². The van der Waals surface area contributed by atoms with E-state index < -0.39 is 5.54 Å². The molecule has 0 saturated carbocycles. The van der Waals surface area contributed by atoms with Crippen molar-refractivity contribution in [3.63, 3.8) is 0 Å². The van der Waals surface area contributed by atoms with Gasteiger partial charge in [0.2, 0.25) is 6.41 Å². The molecule has 2 aliphatic heterocycles. The van der Waals surface area contributed by atoms with Crippen LogP contribution in [0.2, 0.25) is 0 Å². The lowest BCUT2D eigenvalue weighted by molar-refractivity contribution is -0.105. The molecule has 6 nitrogen and oxygen atoms in total. The molecule has 0 radical (unpaired) electrons. The molecule has 8 heteroatoms. The number of carbonyl (C=O) groups is 1. The molecule has 3 heterocycles. The number of nitrogens with one attached hydrogen (secondary N) is 1. The Kier molecular flexibility index (Phi) is 3.70. The zero-order chi connectivity index (χ0) is 14.2. The Balaban J connectivity index is 1.99. The number of hydrogen-bond acceptors (Lipinski definition) is 7. The quantitative estimate of drug-likeness (QED) is 0.823. The molecule has 1 aromatic heterocycles. The number of nitrogens with zero attached hydrogens (tertiary/aromatic N) is 2. The fourth-order valence-electron chi connectivity index (χ4n) is 2.68. The molecular weight excluding hydrogens is 296 g/mol. The highest BCUT2D eigenvalue weighted by molar-refractivity contribution is 8.13. The van der Waals surface area contributed by atoms with Crippen molar-refractivity contribution in [1.29, 1.82) is 0 Å². The van der Waals surface area contributed by atoms with Gasteiger partial charge in [0.1, 0.15) is 16.4 Å². The number of amidine groups is 1. The maximum absolute atomic E-state index is 10.5. The van der Waals surface area contributed by atoms with Gasteiger partial charge in [-0.15, -0.1) is 11.3 Å². The number of thioether (sulfide) groups is 1. The summed E-state index contributed by atoms with van der Waals surface area (Å²) >= 11 is 3.08. The summed E-state index contributed by atoms with van der Waals surface area (Å²) in [6.45, 7) is 2.58. The lowest BCUT2D eigenvalue weighted by atomic mass is 9.80. The van der Waals surface area contributed by atoms with Crippen molar-refractivity contribution >= 4 is 40.5 Å². The van der Waals surface area contributed by atoms with Gasteiger partial charge < -0.3 is 15.8 Å². The van der Waals surface area contributed by atoms with Gasteiger partial charge in [0.25, 0.3) is 0 Å². The first-order valence-corrected chi connectivity index (χ1v) is 8.26. The molecule has 0 unspecified atom stereocenters. The van der Waals surface area contributed by atoms with Gasteiger partial charge in [-0.05, 0) is 13.3 Å². The standard InChI is InChI=1S/C12H16N4O2S2/c1-7-2-8-3-20-11(13)16-12(8,5-18-7)10-15-9(4-19-10)14-6-17/h4,6-8H,2-3,5H2,1H3,(H2,13,16)(H,14,17)/t7-,8-,12-/m0/s1. The van der Waals surface area contributed by atoms with Gasteiger partial charge in [-0.3, -0.25) is 4.79 Å². The minimum Gasteiger partial charge on any atom is -0.379 e. The van der Waals surface area contributed by atoms with Crippen LogP contribution >= 0.6 is 23.1 Å². The van der Waals surface area contributed by atoms with E-state index in [0.717, 1.165) is 17.2 Å². The van der Waals surface area contributed by atoms with Gasteiger partial charge in [0, 0.05) is 17.1 Å². The van der Waals surface area contributed by atoms with E-state index in [1.807, 2.05) is 5.38 Å². The van der Waals surface area contributed by atoms with E-state index >= 15 is 0 Å². The van der Waals surface area contributed by atoms with Gasteiger partial charge >= 0.3 is 0 Å². The molecule has 1 saturated heterocycles. The molecule has 1 amide bonds. The number of aliphatic imine (C=N–C) groups is 1. The number of nitrogens with two attached hydrogens (primary N) is 1. The topological polar surface area (TPSA) is 89.6 Å². The normalized spacial score (nSPS) is 33.1. The smallest absolute Gasteiger partial charge is 0.212 e. The molecule has 0 spiro atoms. The van der Waals surface area contributed by atoms with Crippen molar-refractivity contribution in [1.82, 2.24) is 4.98 Å². The molecule has 2 aliphatic rings. The highest BCUT2D eigenvalue weighted by Crippen LogP contribution is 2.46. The minimum atomic E-state index is -0.491. The van der Waals surface area contributed by atoms with Crippen LogP contribution in [0.1, 0.15) is 18.4 Å². The van der Waals surface area contributed by atoms with Gasteiger partial charge in [-0.1, -0.05) is 11.8 Å². The summed E-state index contributed by atoms with van der Waals surface area (Å²) in [6.07, 6.45) is 1.80. The Morgan fingerprint density at radius 2 is 2.50 bits per heavy atom. The summed E-state index contributed by atoms with van der Waals surface area (Å²) in [6, 6.07) is 0. The van der Waals surface area contributed by atoms with E-state index in [1.165, 1.54) is 11.3 Å². The molecule has 0 aromatic carbocycles. The molecule has 0 aliphatic carbocycles. The Labute approximate surface area is 125 Å². The highest BCUT2D eigenvalue weighted by Gasteiger charge is 2.49. The summed E-state index contributed by atoms with van der Waals surface area (Å²) < 4.78 is 5.83. The number of anilines is 1. The van der Waals surface area contributed by atoms with Crippen LogP contribution in [0.4, 0.5) is 5.82 Å². The average molecular weight is 312 g/mol. The molecule has 3 rings (SSSR count). The number of ether oxygens (including phenoxy) is 1. The van der Waals surface area contributed by atoms with Crippen LogP contribution in [-0.4, -0.2) is 35.0 Å². The lowest BCUT2D eigenvalue weighted by Gasteiger charge is -2.44. The second kappa shape index (κ2) is 5.34. The third kappa shape index (κ3) is 2.32. The van der Waals surface area contributed by atoms with Gasteiger partial charge in [-0.25, -0.2) is 9.98 Å². The summed E-state index contributed by atoms with van der Waals surface area (Å²) in [7, 11) is 0. The number of carbonyl (C=O) groups excluding carboxylic acids is 1. The van der Waals surface area contributed by atoms with Crippen LogP contribution in [0.25, 0.3) is 0 Å². The Morgan fingerprint density at radius 1 is 1.65 bits per heavy atom. The van der Waals surface area contributed by atoms with E-state index in [0.29, 0.717) is 29.9 Å². The zero-order valence-electron chi connectivity index (χ0n) is 11.0. The summed E-state index contributed by atoms with van der Waals surface area (Å²) in [4.78, 5) is 19.7. The molecule has 1 fully saturated rings. The molecule has 1 aromatic rings. The average Bonchev–Trinajstić information content (AvgIpc) is 2.89. The van der Waals surface area contributed by atoms with Crippen molar-refractivity contribution < 1.29 is 9.53 Å². The predicted octanol–water partition coefficient (Wildman–Crippen LogP) is 1.39. The van der Waals surface area contributed by atoms with Crippen molar-refractivity contribution in [3.8, 4) is 0 Å². The largest absolute Gasteiger partial charge is 0.379 e. The first-order valence-electron chi connectivity index (χ1n) is 6.40. The number of aromatic nitrogens is 1. The fourth-order valence-corrected chi connectivity index (χ4v) is 4.66. The van der Waals surface area contributed by atoms with Crippen molar-refractivity contribution in [2.24, 2.45) is 16.6 Å². The van der Waals surface area contributed by atoms with Gasteiger partial charge in [0.05, 0.1) is 12.7 Å². The minimum absolute atomic E-state index is 0.232. The molecule has 0 bridgehead atoms. The third-order valence-corrected chi connectivity index (χ3v) is 5.67.